The Morgan fingerprint density at radius 2 is 1.78 bits per heavy atom. The first-order valence-electron chi connectivity index (χ1n) is 5.80. The Kier molecular flexibility index (Phi) is 4.37. The van der Waals surface area contributed by atoms with Gasteiger partial charge in [-0.05, 0) is 33.6 Å². The fourth-order valence-corrected chi connectivity index (χ4v) is 3.66. The maximum Gasteiger partial charge on any atom is 0.442 e. The molecule has 0 aliphatic carbocycles. The molecule has 1 fully saturated rings. The van der Waals surface area contributed by atoms with E-state index in [4.69, 9.17) is 9.84 Å². The second-order valence-corrected chi connectivity index (χ2v) is 7.91. The Hall–Kier alpha value is -1.11. The molecule has 0 spiro atoms. The summed E-state index contributed by atoms with van der Waals surface area (Å²) in [5, 5.41) is 8.83. The van der Waals surface area contributed by atoms with E-state index in [-0.39, 0.29) is 11.5 Å². The van der Waals surface area contributed by atoms with Crippen molar-refractivity contribution in [3.63, 3.8) is 0 Å². The third kappa shape index (κ3) is 4.64. The van der Waals surface area contributed by atoms with E-state index < -0.39 is 33.3 Å². The van der Waals surface area contributed by atoms with Gasteiger partial charge in [-0.2, -0.15) is 0 Å². The first-order chi connectivity index (χ1) is 8.11. The van der Waals surface area contributed by atoms with Crippen molar-refractivity contribution in [2.24, 2.45) is 10.3 Å². The van der Waals surface area contributed by atoms with Crippen LogP contribution in [0.1, 0.15) is 33.6 Å². The van der Waals surface area contributed by atoms with E-state index in [1.54, 1.807) is 20.8 Å². The van der Waals surface area contributed by atoms with Crippen molar-refractivity contribution >= 4 is 21.8 Å². The van der Waals surface area contributed by atoms with Crippen molar-refractivity contribution in [3.8, 4) is 0 Å². The van der Waals surface area contributed by atoms with Crippen LogP contribution in [0.5, 0.6) is 0 Å². The Morgan fingerprint density at radius 1 is 1.28 bits per heavy atom. The molecule has 0 aromatic carbocycles. The number of carboxylic acids is 1. The van der Waals surface area contributed by atoms with Crippen LogP contribution in [0.3, 0.4) is 0 Å². The number of carbonyl (C=O) groups excluding carboxylic acids is 1. The summed E-state index contributed by atoms with van der Waals surface area (Å²) in [7, 11) is -2.64. The van der Waals surface area contributed by atoms with Crippen molar-refractivity contribution in [1.29, 1.82) is 0 Å². The molecule has 1 heterocycles. The molecule has 0 aromatic heterocycles. The van der Waals surface area contributed by atoms with E-state index in [0.29, 0.717) is 12.8 Å². The fourth-order valence-electron chi connectivity index (χ4n) is 1.65. The lowest BCUT2D eigenvalue weighted by Crippen LogP contribution is -2.29. The summed E-state index contributed by atoms with van der Waals surface area (Å²) in [4.78, 5) is 22.2. The molecular weight excluding hydrogens is 258 g/mol. The lowest BCUT2D eigenvalue weighted by molar-refractivity contribution is -0.141. The minimum atomic E-state index is -2.64. The van der Waals surface area contributed by atoms with Gasteiger partial charge < -0.3 is 9.84 Å². The van der Waals surface area contributed by atoms with Gasteiger partial charge in [0.15, 0.2) is 0 Å². The number of carbonyl (C=O) groups is 2. The molecule has 1 aliphatic heterocycles. The van der Waals surface area contributed by atoms with Crippen LogP contribution in [0.2, 0.25) is 0 Å². The zero-order chi connectivity index (χ0) is 14.0. The highest BCUT2D eigenvalue weighted by atomic mass is 32.2. The second-order valence-electron chi connectivity index (χ2n) is 5.36. The number of rotatable bonds is 1. The molecular formula is C11H19NO5S. The highest BCUT2D eigenvalue weighted by Gasteiger charge is 2.28. The minimum absolute atomic E-state index is 0.142. The molecule has 1 saturated heterocycles. The smallest absolute Gasteiger partial charge is 0.442 e. The van der Waals surface area contributed by atoms with Crippen LogP contribution in [0.25, 0.3) is 0 Å². The largest absolute Gasteiger partial charge is 0.481 e. The molecule has 1 aliphatic rings. The summed E-state index contributed by atoms with van der Waals surface area (Å²) in [5.41, 5.74) is -0.672. The molecule has 0 radical (unpaired) electrons. The van der Waals surface area contributed by atoms with Crippen molar-refractivity contribution in [3.05, 3.63) is 0 Å². The quantitative estimate of drug-likeness (QED) is 0.790. The van der Waals surface area contributed by atoms with Gasteiger partial charge in [0.2, 0.25) is 0 Å². The number of nitrogens with zero attached hydrogens (tertiary/aromatic N) is 1. The zero-order valence-corrected chi connectivity index (χ0v) is 11.7. The molecule has 0 unspecified atom stereocenters. The number of amides is 1. The van der Waals surface area contributed by atoms with Gasteiger partial charge in [-0.1, -0.05) is 0 Å². The Labute approximate surface area is 107 Å². The normalized spacial score (nSPS) is 28.5. The van der Waals surface area contributed by atoms with Crippen molar-refractivity contribution in [1.82, 2.24) is 0 Å². The van der Waals surface area contributed by atoms with Crippen LogP contribution < -0.4 is 0 Å². The van der Waals surface area contributed by atoms with Gasteiger partial charge in [-0.3, -0.25) is 4.79 Å². The Balaban J connectivity index is 2.70. The lowest BCUT2D eigenvalue weighted by atomic mass is 10.0. The summed E-state index contributed by atoms with van der Waals surface area (Å²) >= 11 is 0. The maximum atomic E-state index is 12.2. The van der Waals surface area contributed by atoms with Gasteiger partial charge in [0, 0.05) is 11.5 Å². The average Bonchev–Trinajstić information content (AvgIpc) is 2.13. The summed E-state index contributed by atoms with van der Waals surface area (Å²) in [5.74, 6) is -1.07. The third-order valence-corrected chi connectivity index (χ3v) is 4.78. The summed E-state index contributed by atoms with van der Waals surface area (Å²) in [6.45, 7) is 5.11. The molecule has 1 rings (SSSR count). The van der Waals surface area contributed by atoms with E-state index in [1.807, 2.05) is 0 Å². The monoisotopic (exact) mass is 277 g/mol. The molecule has 0 atom stereocenters. The molecule has 6 nitrogen and oxygen atoms in total. The van der Waals surface area contributed by atoms with Crippen LogP contribution in [0, 0.1) is 5.92 Å². The molecule has 0 aromatic rings. The molecule has 1 N–H and O–H groups in total. The molecule has 18 heavy (non-hydrogen) atoms. The van der Waals surface area contributed by atoms with Crippen LogP contribution in [0.4, 0.5) is 4.79 Å². The first-order valence-corrected chi connectivity index (χ1v) is 7.65. The Morgan fingerprint density at radius 3 is 2.17 bits per heavy atom. The van der Waals surface area contributed by atoms with E-state index >= 15 is 0 Å². The summed E-state index contributed by atoms with van der Waals surface area (Å²) in [6.07, 6.45) is -0.248. The summed E-state index contributed by atoms with van der Waals surface area (Å²) < 4.78 is 20.8. The van der Waals surface area contributed by atoms with E-state index in [9.17, 15) is 13.8 Å². The Bertz CT molecular complexity index is 443. The third-order valence-electron chi connectivity index (χ3n) is 2.55. The predicted octanol–water partition coefficient (Wildman–Crippen LogP) is 1.88. The van der Waals surface area contributed by atoms with Gasteiger partial charge >= 0.3 is 12.1 Å². The van der Waals surface area contributed by atoms with Crippen molar-refractivity contribution < 1.29 is 23.6 Å². The molecule has 0 bridgehead atoms. The van der Waals surface area contributed by atoms with Gasteiger partial charge in [-0.25, -0.2) is 9.00 Å². The SMILES string of the molecule is CC(C)(C)OC(=O)N=S1(=O)CCC(C(=O)O)CC1. The fraction of sp³-hybridized carbons (Fsp3) is 0.818. The van der Waals surface area contributed by atoms with Gasteiger partial charge in [0.1, 0.15) is 5.60 Å². The van der Waals surface area contributed by atoms with Gasteiger partial charge in [-0.15, -0.1) is 4.36 Å². The number of ether oxygens (including phenoxy) is 1. The lowest BCUT2D eigenvalue weighted by Gasteiger charge is -2.22. The highest BCUT2D eigenvalue weighted by Crippen LogP contribution is 2.21. The number of hydrogen-bond acceptors (Lipinski definition) is 4. The zero-order valence-electron chi connectivity index (χ0n) is 10.8. The van der Waals surface area contributed by atoms with Gasteiger partial charge in [0.05, 0.1) is 15.6 Å². The topological polar surface area (TPSA) is 93.0 Å². The molecule has 104 valence electrons. The van der Waals surface area contributed by atoms with Crippen LogP contribution >= 0.6 is 0 Å². The molecule has 0 saturated carbocycles. The van der Waals surface area contributed by atoms with E-state index in [0.717, 1.165) is 0 Å². The standard InChI is InChI=1S/C11H19NO5S/c1-11(2,3)17-10(15)12-18(16)6-4-8(5-7-18)9(13)14/h8H,4-7H2,1-3H3,(H,13,14). The number of aliphatic carboxylic acids is 1. The number of carboxylic acid groups (broad SMARTS) is 1. The highest BCUT2D eigenvalue weighted by molar-refractivity contribution is 7.93. The second kappa shape index (κ2) is 5.26. The van der Waals surface area contributed by atoms with Gasteiger partial charge in [0.25, 0.3) is 0 Å². The summed E-state index contributed by atoms with van der Waals surface area (Å²) in [6, 6.07) is 0. The van der Waals surface area contributed by atoms with Crippen LogP contribution in [-0.4, -0.2) is 38.5 Å². The van der Waals surface area contributed by atoms with E-state index in [2.05, 4.69) is 4.36 Å². The van der Waals surface area contributed by atoms with Crippen LogP contribution in [0.15, 0.2) is 4.36 Å². The van der Waals surface area contributed by atoms with Crippen LogP contribution in [-0.2, 0) is 19.3 Å². The van der Waals surface area contributed by atoms with Crippen molar-refractivity contribution in [2.75, 3.05) is 11.5 Å². The maximum absolute atomic E-state index is 12.2. The van der Waals surface area contributed by atoms with Crippen molar-refractivity contribution in [2.45, 2.75) is 39.2 Å². The predicted molar refractivity (Wildman–Crippen MR) is 66.9 cm³/mol. The molecule has 7 heteroatoms. The minimum Gasteiger partial charge on any atom is -0.481 e. The molecule has 1 amide bonds. The average molecular weight is 277 g/mol. The number of hydrogen-bond donors (Lipinski definition) is 1. The van der Waals surface area contributed by atoms with E-state index in [1.165, 1.54) is 0 Å². The first kappa shape index (κ1) is 14.9.